The van der Waals surface area contributed by atoms with Crippen LogP contribution in [0, 0.1) is 0 Å². The summed E-state index contributed by atoms with van der Waals surface area (Å²) in [4.78, 5) is 14.8. The number of rotatable bonds is 3. The second kappa shape index (κ2) is 5.03. The molecule has 0 radical (unpaired) electrons. The van der Waals surface area contributed by atoms with Crippen LogP contribution in [0.25, 0.3) is 0 Å². The van der Waals surface area contributed by atoms with E-state index in [0.717, 1.165) is 15.8 Å². The van der Waals surface area contributed by atoms with Gasteiger partial charge in [-0.25, -0.2) is 9.78 Å². The molecule has 4 nitrogen and oxygen atoms in total. The Bertz CT molecular complexity index is 573. The second-order valence-electron chi connectivity index (χ2n) is 3.08. The van der Waals surface area contributed by atoms with E-state index in [9.17, 15) is 4.79 Å². The molecule has 1 aromatic heterocycles. The number of anilines is 2. The standard InChI is InChI=1S/C10H6BrClN2O2S/c11-5-1-2-6(12)7(3-5)14-10-13-4-8(17-10)9(15)16/h1-4H,(H,13,14)(H,15,16). The zero-order valence-corrected chi connectivity index (χ0v) is 11.4. The van der Waals surface area contributed by atoms with Crippen LogP contribution in [0.4, 0.5) is 10.8 Å². The van der Waals surface area contributed by atoms with Crippen LogP contribution in [0.1, 0.15) is 9.67 Å². The molecule has 0 amide bonds. The van der Waals surface area contributed by atoms with Crippen LogP contribution in [0.15, 0.2) is 28.9 Å². The second-order valence-corrected chi connectivity index (χ2v) is 5.44. The number of thiazole rings is 1. The molecule has 2 aromatic rings. The van der Waals surface area contributed by atoms with Crippen molar-refractivity contribution in [3.63, 3.8) is 0 Å². The summed E-state index contributed by atoms with van der Waals surface area (Å²) >= 11 is 10.4. The van der Waals surface area contributed by atoms with E-state index in [1.807, 2.05) is 6.07 Å². The molecule has 0 unspecified atom stereocenters. The molecule has 2 N–H and O–H groups in total. The zero-order valence-electron chi connectivity index (χ0n) is 8.28. The molecular weight excluding hydrogens is 328 g/mol. The normalized spacial score (nSPS) is 10.2. The lowest BCUT2D eigenvalue weighted by atomic mass is 10.3. The highest BCUT2D eigenvalue weighted by Crippen LogP contribution is 2.30. The summed E-state index contributed by atoms with van der Waals surface area (Å²) in [7, 11) is 0. The Morgan fingerprint density at radius 1 is 1.53 bits per heavy atom. The summed E-state index contributed by atoms with van der Waals surface area (Å²) < 4.78 is 0.874. The van der Waals surface area contributed by atoms with Gasteiger partial charge in [-0.15, -0.1) is 0 Å². The topological polar surface area (TPSA) is 62.2 Å². The Balaban J connectivity index is 2.25. The fraction of sp³-hybridized carbons (Fsp3) is 0. The van der Waals surface area contributed by atoms with Crippen molar-refractivity contribution in [3.05, 3.63) is 38.8 Å². The highest BCUT2D eigenvalue weighted by Gasteiger charge is 2.09. The number of carboxylic acid groups (broad SMARTS) is 1. The van der Waals surface area contributed by atoms with Crippen LogP contribution in [-0.2, 0) is 0 Å². The Hall–Kier alpha value is -1.11. The summed E-state index contributed by atoms with van der Waals surface area (Å²) in [6.07, 6.45) is 1.31. The monoisotopic (exact) mass is 332 g/mol. The molecule has 0 aliphatic heterocycles. The number of carbonyl (C=O) groups is 1. The molecule has 17 heavy (non-hydrogen) atoms. The Morgan fingerprint density at radius 2 is 2.29 bits per heavy atom. The van der Waals surface area contributed by atoms with E-state index in [2.05, 4.69) is 26.2 Å². The summed E-state index contributed by atoms with van der Waals surface area (Å²) in [5.41, 5.74) is 0.673. The fourth-order valence-electron chi connectivity index (χ4n) is 1.14. The predicted octanol–water partition coefficient (Wildman–Crippen LogP) is 4.00. The fourth-order valence-corrected chi connectivity index (χ4v) is 2.33. The van der Waals surface area contributed by atoms with E-state index in [1.54, 1.807) is 12.1 Å². The number of nitrogens with zero attached hydrogens (tertiary/aromatic N) is 1. The van der Waals surface area contributed by atoms with Crippen LogP contribution in [0.2, 0.25) is 5.02 Å². The maximum atomic E-state index is 10.7. The van der Waals surface area contributed by atoms with Crippen molar-refractivity contribution in [2.24, 2.45) is 0 Å². The van der Waals surface area contributed by atoms with Crippen LogP contribution in [0.3, 0.4) is 0 Å². The van der Waals surface area contributed by atoms with Gasteiger partial charge >= 0.3 is 5.97 Å². The maximum Gasteiger partial charge on any atom is 0.347 e. The molecule has 0 saturated heterocycles. The van der Waals surface area contributed by atoms with Crippen LogP contribution >= 0.6 is 38.9 Å². The molecule has 0 fully saturated rings. The first-order valence-electron chi connectivity index (χ1n) is 4.47. The zero-order chi connectivity index (χ0) is 12.4. The maximum absolute atomic E-state index is 10.7. The molecule has 88 valence electrons. The first-order chi connectivity index (χ1) is 8.06. The first kappa shape index (κ1) is 12.3. The number of aromatic carboxylic acids is 1. The van der Waals surface area contributed by atoms with E-state index in [1.165, 1.54) is 6.20 Å². The summed E-state index contributed by atoms with van der Waals surface area (Å²) in [5.74, 6) is -0.990. The number of nitrogens with one attached hydrogen (secondary N) is 1. The Morgan fingerprint density at radius 3 is 2.94 bits per heavy atom. The van der Waals surface area contributed by atoms with E-state index in [4.69, 9.17) is 16.7 Å². The number of benzene rings is 1. The number of hydrogen-bond acceptors (Lipinski definition) is 4. The van der Waals surface area contributed by atoms with Gasteiger partial charge in [0.05, 0.1) is 16.9 Å². The van der Waals surface area contributed by atoms with Gasteiger partial charge in [-0.1, -0.05) is 38.9 Å². The Labute approximate surface area is 114 Å². The van der Waals surface area contributed by atoms with Gasteiger partial charge in [0, 0.05) is 4.47 Å². The molecule has 0 atom stereocenters. The van der Waals surface area contributed by atoms with E-state index in [0.29, 0.717) is 15.8 Å². The third kappa shape index (κ3) is 2.96. The van der Waals surface area contributed by atoms with Crippen LogP contribution < -0.4 is 5.32 Å². The number of hydrogen-bond donors (Lipinski definition) is 2. The molecule has 0 aliphatic carbocycles. The van der Waals surface area contributed by atoms with Gasteiger partial charge in [0.2, 0.25) is 0 Å². The lowest BCUT2D eigenvalue weighted by molar-refractivity contribution is 0.0702. The van der Waals surface area contributed by atoms with E-state index in [-0.39, 0.29) is 4.88 Å². The number of halogens is 2. The highest BCUT2D eigenvalue weighted by molar-refractivity contribution is 9.10. The van der Waals surface area contributed by atoms with Gasteiger partial charge in [-0.3, -0.25) is 0 Å². The minimum Gasteiger partial charge on any atom is -0.477 e. The van der Waals surface area contributed by atoms with Crippen molar-refractivity contribution in [1.82, 2.24) is 4.98 Å². The average Bonchev–Trinajstić information content (AvgIpc) is 2.72. The van der Waals surface area contributed by atoms with Crippen LogP contribution in [0.5, 0.6) is 0 Å². The van der Waals surface area contributed by atoms with Crippen molar-refractivity contribution in [1.29, 1.82) is 0 Å². The van der Waals surface area contributed by atoms with Crippen molar-refractivity contribution >= 4 is 55.7 Å². The van der Waals surface area contributed by atoms with Gasteiger partial charge in [0.25, 0.3) is 0 Å². The largest absolute Gasteiger partial charge is 0.477 e. The van der Waals surface area contributed by atoms with Gasteiger partial charge in [0.15, 0.2) is 5.13 Å². The van der Waals surface area contributed by atoms with Crippen molar-refractivity contribution < 1.29 is 9.90 Å². The average molecular weight is 334 g/mol. The lowest BCUT2D eigenvalue weighted by Crippen LogP contribution is -1.90. The quantitative estimate of drug-likeness (QED) is 0.891. The van der Waals surface area contributed by atoms with Crippen molar-refractivity contribution in [2.45, 2.75) is 0 Å². The van der Waals surface area contributed by atoms with Gasteiger partial charge in [-0.05, 0) is 18.2 Å². The molecule has 2 rings (SSSR count). The molecule has 0 spiro atoms. The summed E-state index contributed by atoms with van der Waals surface area (Å²) in [5, 5.41) is 12.8. The van der Waals surface area contributed by atoms with E-state index < -0.39 is 5.97 Å². The highest BCUT2D eigenvalue weighted by atomic mass is 79.9. The predicted molar refractivity (Wildman–Crippen MR) is 71.5 cm³/mol. The van der Waals surface area contributed by atoms with Gasteiger partial charge < -0.3 is 10.4 Å². The molecule has 1 heterocycles. The lowest BCUT2D eigenvalue weighted by Gasteiger charge is -2.05. The smallest absolute Gasteiger partial charge is 0.347 e. The van der Waals surface area contributed by atoms with Crippen molar-refractivity contribution in [3.8, 4) is 0 Å². The first-order valence-corrected chi connectivity index (χ1v) is 6.46. The van der Waals surface area contributed by atoms with Gasteiger partial charge in [-0.2, -0.15) is 0 Å². The number of aromatic nitrogens is 1. The number of carboxylic acids is 1. The summed E-state index contributed by atoms with van der Waals surface area (Å²) in [6.45, 7) is 0. The Kier molecular flexibility index (Phi) is 3.66. The molecule has 1 aromatic carbocycles. The molecule has 0 bridgehead atoms. The molecule has 7 heteroatoms. The SMILES string of the molecule is O=C(O)c1cnc(Nc2cc(Br)ccc2Cl)s1. The van der Waals surface area contributed by atoms with Gasteiger partial charge in [0.1, 0.15) is 4.88 Å². The minimum atomic E-state index is -0.990. The van der Waals surface area contributed by atoms with Crippen LogP contribution in [-0.4, -0.2) is 16.1 Å². The summed E-state index contributed by atoms with van der Waals surface area (Å²) in [6, 6.07) is 5.35. The van der Waals surface area contributed by atoms with E-state index >= 15 is 0 Å². The van der Waals surface area contributed by atoms with Crippen molar-refractivity contribution in [2.75, 3.05) is 5.32 Å². The molecular formula is C10H6BrClN2O2S. The third-order valence-electron chi connectivity index (χ3n) is 1.89. The molecule has 0 saturated carbocycles. The molecule has 0 aliphatic rings. The third-order valence-corrected chi connectivity index (χ3v) is 3.61. The minimum absolute atomic E-state index is 0.179.